The molecule has 0 aliphatic rings. The molecule has 1 aromatic rings. The predicted molar refractivity (Wildman–Crippen MR) is 58.3 cm³/mol. The van der Waals surface area contributed by atoms with E-state index in [-0.39, 0.29) is 0 Å². The predicted octanol–water partition coefficient (Wildman–Crippen LogP) is 1.12. The standard InChI is InChI=1S/C10H18N4/c1-7(2)9-5-8(6-11)12-10(13-9)14(3)4/h5,7H,6,11H2,1-4H3. The molecule has 4 nitrogen and oxygen atoms in total. The van der Waals surface area contributed by atoms with Crippen molar-refractivity contribution in [2.24, 2.45) is 5.73 Å². The number of nitrogens with two attached hydrogens (primary N) is 1. The zero-order chi connectivity index (χ0) is 10.7. The van der Waals surface area contributed by atoms with E-state index in [1.165, 1.54) is 0 Å². The summed E-state index contributed by atoms with van der Waals surface area (Å²) in [6.07, 6.45) is 0. The molecule has 0 saturated heterocycles. The maximum atomic E-state index is 5.58. The summed E-state index contributed by atoms with van der Waals surface area (Å²) in [5.74, 6) is 1.14. The second-order valence-electron chi connectivity index (χ2n) is 3.84. The first-order valence-corrected chi connectivity index (χ1v) is 4.79. The van der Waals surface area contributed by atoms with Gasteiger partial charge in [-0.25, -0.2) is 9.97 Å². The monoisotopic (exact) mass is 194 g/mol. The van der Waals surface area contributed by atoms with Crippen LogP contribution in [0.5, 0.6) is 0 Å². The first-order chi connectivity index (χ1) is 6.54. The van der Waals surface area contributed by atoms with E-state index in [0.29, 0.717) is 12.5 Å². The van der Waals surface area contributed by atoms with Crippen LogP contribution in [0, 0.1) is 0 Å². The van der Waals surface area contributed by atoms with E-state index in [1.54, 1.807) is 0 Å². The average molecular weight is 194 g/mol. The Kier molecular flexibility index (Phi) is 3.41. The number of hydrogen-bond acceptors (Lipinski definition) is 4. The second kappa shape index (κ2) is 4.37. The molecule has 0 amide bonds. The second-order valence-corrected chi connectivity index (χ2v) is 3.84. The molecule has 0 atom stereocenters. The van der Waals surface area contributed by atoms with Gasteiger partial charge in [-0.15, -0.1) is 0 Å². The van der Waals surface area contributed by atoms with Gasteiger partial charge < -0.3 is 10.6 Å². The Morgan fingerprint density at radius 3 is 2.43 bits per heavy atom. The molecule has 0 spiro atoms. The fourth-order valence-electron chi connectivity index (χ4n) is 1.10. The van der Waals surface area contributed by atoms with Crippen LogP contribution >= 0.6 is 0 Å². The summed E-state index contributed by atoms with van der Waals surface area (Å²) in [5.41, 5.74) is 7.52. The van der Waals surface area contributed by atoms with E-state index in [1.807, 2.05) is 25.1 Å². The van der Waals surface area contributed by atoms with Crippen molar-refractivity contribution in [3.63, 3.8) is 0 Å². The Morgan fingerprint density at radius 1 is 1.36 bits per heavy atom. The molecule has 0 unspecified atom stereocenters. The number of nitrogens with zero attached hydrogens (tertiary/aromatic N) is 3. The molecule has 78 valence electrons. The third-order valence-electron chi connectivity index (χ3n) is 1.99. The van der Waals surface area contributed by atoms with Crippen molar-refractivity contribution in [3.8, 4) is 0 Å². The minimum absolute atomic E-state index is 0.405. The molecule has 14 heavy (non-hydrogen) atoms. The summed E-state index contributed by atoms with van der Waals surface area (Å²) >= 11 is 0. The fourth-order valence-corrected chi connectivity index (χ4v) is 1.10. The molecule has 1 heterocycles. The van der Waals surface area contributed by atoms with E-state index in [4.69, 9.17) is 5.73 Å². The van der Waals surface area contributed by atoms with Gasteiger partial charge in [-0.1, -0.05) is 13.8 Å². The number of hydrogen-bond donors (Lipinski definition) is 1. The summed E-state index contributed by atoms with van der Waals surface area (Å²) in [7, 11) is 3.86. The number of aromatic nitrogens is 2. The van der Waals surface area contributed by atoms with Gasteiger partial charge in [0.05, 0.1) is 5.69 Å². The van der Waals surface area contributed by atoms with Gasteiger partial charge in [0.25, 0.3) is 0 Å². The average Bonchev–Trinajstić information content (AvgIpc) is 2.16. The molecule has 0 aromatic carbocycles. The van der Waals surface area contributed by atoms with Gasteiger partial charge in [0.1, 0.15) is 0 Å². The highest BCUT2D eigenvalue weighted by atomic mass is 15.2. The summed E-state index contributed by atoms with van der Waals surface area (Å²) in [6.45, 7) is 4.69. The Balaban J connectivity index is 3.13. The topological polar surface area (TPSA) is 55.0 Å². The molecule has 1 rings (SSSR count). The van der Waals surface area contributed by atoms with Crippen LogP contribution < -0.4 is 10.6 Å². The van der Waals surface area contributed by atoms with Crippen LogP contribution in [-0.2, 0) is 6.54 Å². The van der Waals surface area contributed by atoms with Gasteiger partial charge in [-0.2, -0.15) is 0 Å². The first-order valence-electron chi connectivity index (χ1n) is 4.79. The van der Waals surface area contributed by atoms with Crippen molar-refractivity contribution >= 4 is 5.95 Å². The minimum atomic E-state index is 0.405. The summed E-state index contributed by atoms with van der Waals surface area (Å²) < 4.78 is 0. The van der Waals surface area contributed by atoms with Crippen molar-refractivity contribution in [1.29, 1.82) is 0 Å². The summed E-state index contributed by atoms with van der Waals surface area (Å²) in [6, 6.07) is 1.97. The summed E-state index contributed by atoms with van der Waals surface area (Å²) in [5, 5.41) is 0. The highest BCUT2D eigenvalue weighted by Crippen LogP contribution is 2.15. The minimum Gasteiger partial charge on any atom is -0.347 e. The van der Waals surface area contributed by atoms with Gasteiger partial charge in [-0.05, 0) is 12.0 Å². The van der Waals surface area contributed by atoms with E-state index in [9.17, 15) is 0 Å². The zero-order valence-corrected chi connectivity index (χ0v) is 9.28. The highest BCUT2D eigenvalue weighted by Gasteiger charge is 2.07. The molecule has 4 heteroatoms. The van der Waals surface area contributed by atoms with Gasteiger partial charge in [0, 0.05) is 26.3 Å². The smallest absolute Gasteiger partial charge is 0.225 e. The van der Waals surface area contributed by atoms with Crippen LogP contribution in [-0.4, -0.2) is 24.1 Å². The Bertz CT molecular complexity index is 281. The molecule has 0 bridgehead atoms. The molecule has 0 aliphatic heterocycles. The van der Waals surface area contributed by atoms with Crippen molar-refractivity contribution in [1.82, 2.24) is 9.97 Å². The van der Waals surface area contributed by atoms with E-state index in [0.717, 1.165) is 17.3 Å². The van der Waals surface area contributed by atoms with Crippen molar-refractivity contribution in [2.45, 2.75) is 26.3 Å². The van der Waals surface area contributed by atoms with E-state index < -0.39 is 0 Å². The number of anilines is 1. The van der Waals surface area contributed by atoms with Gasteiger partial charge in [0.15, 0.2) is 0 Å². The van der Waals surface area contributed by atoms with Crippen LogP contribution in [0.3, 0.4) is 0 Å². The lowest BCUT2D eigenvalue weighted by atomic mass is 10.1. The number of rotatable bonds is 3. The molecule has 1 aromatic heterocycles. The SMILES string of the molecule is CC(C)c1cc(CN)nc(N(C)C)n1. The quantitative estimate of drug-likeness (QED) is 0.783. The third-order valence-corrected chi connectivity index (χ3v) is 1.99. The van der Waals surface area contributed by atoms with Gasteiger partial charge >= 0.3 is 0 Å². The van der Waals surface area contributed by atoms with Crippen LogP contribution in [0.4, 0.5) is 5.95 Å². The molecule has 2 N–H and O–H groups in total. The third kappa shape index (κ3) is 2.42. The largest absolute Gasteiger partial charge is 0.347 e. The Morgan fingerprint density at radius 2 is 2.00 bits per heavy atom. The highest BCUT2D eigenvalue weighted by molar-refractivity contribution is 5.31. The van der Waals surface area contributed by atoms with Crippen LogP contribution in [0.1, 0.15) is 31.2 Å². The van der Waals surface area contributed by atoms with Crippen molar-refractivity contribution < 1.29 is 0 Å². The van der Waals surface area contributed by atoms with Crippen LogP contribution in [0.25, 0.3) is 0 Å². The van der Waals surface area contributed by atoms with Crippen LogP contribution in [0.2, 0.25) is 0 Å². The van der Waals surface area contributed by atoms with Crippen LogP contribution in [0.15, 0.2) is 6.07 Å². The molecular formula is C10H18N4. The Hall–Kier alpha value is -1.16. The maximum absolute atomic E-state index is 5.58. The molecular weight excluding hydrogens is 176 g/mol. The Labute approximate surface area is 85.2 Å². The molecule has 0 aliphatic carbocycles. The molecule has 0 saturated carbocycles. The first kappa shape index (κ1) is 10.9. The lowest BCUT2D eigenvalue weighted by Crippen LogP contribution is -2.16. The molecule has 0 fully saturated rings. The van der Waals surface area contributed by atoms with Crippen molar-refractivity contribution in [2.75, 3.05) is 19.0 Å². The van der Waals surface area contributed by atoms with Crippen molar-refractivity contribution in [3.05, 3.63) is 17.5 Å². The lowest BCUT2D eigenvalue weighted by Gasteiger charge is -2.14. The fraction of sp³-hybridized carbons (Fsp3) is 0.600. The normalized spacial score (nSPS) is 10.7. The maximum Gasteiger partial charge on any atom is 0.225 e. The lowest BCUT2D eigenvalue weighted by molar-refractivity contribution is 0.791. The summed E-state index contributed by atoms with van der Waals surface area (Å²) in [4.78, 5) is 10.7. The van der Waals surface area contributed by atoms with E-state index in [2.05, 4.69) is 23.8 Å². The van der Waals surface area contributed by atoms with Gasteiger partial charge in [-0.3, -0.25) is 0 Å². The molecule has 0 radical (unpaired) electrons. The zero-order valence-electron chi connectivity index (χ0n) is 9.28. The van der Waals surface area contributed by atoms with Gasteiger partial charge in [0.2, 0.25) is 5.95 Å². The van der Waals surface area contributed by atoms with E-state index >= 15 is 0 Å².